The summed E-state index contributed by atoms with van der Waals surface area (Å²) in [4.78, 5) is 10.5. The Morgan fingerprint density at radius 2 is 2.06 bits per heavy atom. The van der Waals surface area contributed by atoms with Crippen molar-refractivity contribution in [3.63, 3.8) is 0 Å². The van der Waals surface area contributed by atoms with Crippen molar-refractivity contribution in [3.8, 4) is 0 Å². The van der Waals surface area contributed by atoms with Gasteiger partial charge in [-0.2, -0.15) is 0 Å². The number of benzene rings is 1. The molecule has 0 bridgehead atoms. The van der Waals surface area contributed by atoms with Crippen molar-refractivity contribution in [1.82, 2.24) is 0 Å². The number of nitrogens with one attached hydrogen (secondary N) is 2. The molecule has 0 aliphatic rings. The topological polar surface area (TPSA) is 113 Å². The Morgan fingerprint density at radius 1 is 1.44 bits per heavy atom. The van der Waals surface area contributed by atoms with Gasteiger partial charge in [-0.3, -0.25) is 16.0 Å². The van der Waals surface area contributed by atoms with E-state index in [1.54, 1.807) is 12.1 Å². The van der Waals surface area contributed by atoms with E-state index in [0.717, 1.165) is 0 Å². The predicted molar refractivity (Wildman–Crippen MR) is 70.2 cm³/mol. The number of rotatable bonds is 6. The van der Waals surface area contributed by atoms with Crippen molar-refractivity contribution < 1.29 is 10.0 Å². The van der Waals surface area contributed by atoms with Crippen LogP contribution in [-0.4, -0.2) is 22.7 Å². The quantitative estimate of drug-likeness (QED) is 0.346. The molecule has 7 heteroatoms. The summed E-state index contributed by atoms with van der Waals surface area (Å²) in [6, 6.07) is 4.51. The number of aliphatic hydroxyl groups excluding tert-OH is 1. The molecular formula is C11H18N4O3. The Morgan fingerprint density at radius 3 is 2.50 bits per heavy atom. The van der Waals surface area contributed by atoms with Crippen molar-refractivity contribution >= 4 is 17.1 Å². The van der Waals surface area contributed by atoms with Crippen LogP contribution in [0.25, 0.3) is 0 Å². The Labute approximate surface area is 105 Å². The van der Waals surface area contributed by atoms with Gasteiger partial charge in [-0.05, 0) is 18.1 Å². The zero-order valence-corrected chi connectivity index (χ0v) is 10.4. The summed E-state index contributed by atoms with van der Waals surface area (Å²) in [5.74, 6) is 5.39. The molecule has 0 radical (unpaired) electrons. The summed E-state index contributed by atoms with van der Waals surface area (Å²) < 4.78 is 0. The molecule has 5 N–H and O–H groups in total. The highest BCUT2D eigenvalue weighted by Crippen LogP contribution is 2.33. The molecule has 1 atom stereocenters. The second-order valence-corrected chi connectivity index (χ2v) is 4.28. The van der Waals surface area contributed by atoms with Gasteiger partial charge in [0.25, 0.3) is 0 Å². The smallest absolute Gasteiger partial charge is 0.316 e. The minimum Gasteiger partial charge on any atom is -0.394 e. The average Bonchev–Trinajstić information content (AvgIpc) is 2.34. The number of hydrogen-bond acceptors (Lipinski definition) is 6. The van der Waals surface area contributed by atoms with Gasteiger partial charge in [0, 0.05) is 0 Å². The predicted octanol–water partition coefficient (Wildman–Crippen LogP) is 1.31. The number of nitro benzene ring substituents is 1. The molecule has 0 fully saturated rings. The van der Waals surface area contributed by atoms with Gasteiger partial charge in [-0.1, -0.05) is 19.9 Å². The average molecular weight is 254 g/mol. The van der Waals surface area contributed by atoms with Crippen LogP contribution in [0.3, 0.4) is 0 Å². The molecular weight excluding hydrogens is 236 g/mol. The third kappa shape index (κ3) is 3.08. The van der Waals surface area contributed by atoms with E-state index in [4.69, 9.17) is 5.84 Å². The van der Waals surface area contributed by atoms with Gasteiger partial charge in [0.15, 0.2) is 0 Å². The van der Waals surface area contributed by atoms with E-state index in [-0.39, 0.29) is 29.9 Å². The lowest BCUT2D eigenvalue weighted by molar-refractivity contribution is -0.383. The second-order valence-electron chi connectivity index (χ2n) is 4.28. The van der Waals surface area contributed by atoms with Crippen LogP contribution >= 0.6 is 0 Å². The maximum atomic E-state index is 11.0. The van der Waals surface area contributed by atoms with Gasteiger partial charge in [0.2, 0.25) is 0 Å². The monoisotopic (exact) mass is 254 g/mol. The van der Waals surface area contributed by atoms with E-state index in [9.17, 15) is 15.2 Å². The summed E-state index contributed by atoms with van der Waals surface area (Å²) in [6.45, 7) is 3.74. The molecule has 0 unspecified atom stereocenters. The Hall–Kier alpha value is -1.86. The number of nitro groups is 1. The maximum absolute atomic E-state index is 11.0. The largest absolute Gasteiger partial charge is 0.394 e. The molecule has 18 heavy (non-hydrogen) atoms. The Balaban J connectivity index is 3.12. The summed E-state index contributed by atoms with van der Waals surface area (Å²) in [6.07, 6.45) is 0. The van der Waals surface area contributed by atoms with E-state index < -0.39 is 4.92 Å². The molecule has 0 saturated carbocycles. The highest BCUT2D eigenvalue weighted by molar-refractivity contribution is 5.76. The van der Waals surface area contributed by atoms with Gasteiger partial charge >= 0.3 is 5.69 Å². The van der Waals surface area contributed by atoms with Crippen molar-refractivity contribution in [2.45, 2.75) is 19.9 Å². The first-order valence-corrected chi connectivity index (χ1v) is 5.62. The van der Waals surface area contributed by atoms with E-state index in [1.807, 2.05) is 13.8 Å². The molecule has 0 aliphatic carbocycles. The number of aliphatic hydroxyl groups is 1. The third-order valence-corrected chi connectivity index (χ3v) is 2.72. The summed E-state index contributed by atoms with van der Waals surface area (Å²) >= 11 is 0. The van der Waals surface area contributed by atoms with E-state index in [2.05, 4.69) is 10.7 Å². The highest BCUT2D eigenvalue weighted by Gasteiger charge is 2.22. The molecule has 0 spiro atoms. The lowest BCUT2D eigenvalue weighted by Gasteiger charge is -2.21. The van der Waals surface area contributed by atoms with Gasteiger partial charge in [-0.15, -0.1) is 0 Å². The number of nitrogens with zero attached hydrogens (tertiary/aromatic N) is 1. The number of nitrogen functional groups attached to an aromatic ring is 1. The number of para-hydroxylation sites is 1. The van der Waals surface area contributed by atoms with Crippen molar-refractivity contribution in [3.05, 3.63) is 28.3 Å². The Bertz CT molecular complexity index is 423. The molecule has 0 saturated heterocycles. The second kappa shape index (κ2) is 6.18. The van der Waals surface area contributed by atoms with Crippen molar-refractivity contribution in [2.24, 2.45) is 11.8 Å². The molecule has 7 nitrogen and oxygen atoms in total. The first-order chi connectivity index (χ1) is 8.51. The summed E-state index contributed by atoms with van der Waals surface area (Å²) in [5, 5.41) is 23.3. The number of hydrogen-bond donors (Lipinski definition) is 4. The van der Waals surface area contributed by atoms with Crippen LogP contribution in [0.15, 0.2) is 18.2 Å². The maximum Gasteiger partial charge on any atom is 0.316 e. The lowest BCUT2D eigenvalue weighted by Crippen LogP contribution is -2.29. The molecule has 0 amide bonds. The highest BCUT2D eigenvalue weighted by atomic mass is 16.6. The number of anilines is 2. The Kier molecular flexibility index (Phi) is 4.87. The molecule has 0 aliphatic heterocycles. The molecule has 1 aromatic rings. The fourth-order valence-electron chi connectivity index (χ4n) is 1.60. The number of nitrogens with two attached hydrogens (primary N) is 1. The third-order valence-electron chi connectivity index (χ3n) is 2.72. The van der Waals surface area contributed by atoms with Gasteiger partial charge in [0.05, 0.1) is 17.6 Å². The summed E-state index contributed by atoms with van der Waals surface area (Å²) in [7, 11) is 0. The molecule has 0 heterocycles. The fraction of sp³-hybridized carbons (Fsp3) is 0.455. The fourth-order valence-corrected chi connectivity index (χ4v) is 1.60. The standard InChI is InChI=1S/C11H18N4O3/c1-7(2)10(6-16)13-8-4-3-5-9(14-12)11(8)15(17)18/h3-5,7,10,13-14,16H,6,12H2,1-2H3/t10-/m1/s1. The normalized spacial score (nSPS) is 12.3. The van der Waals surface area contributed by atoms with Crippen LogP contribution in [0.4, 0.5) is 17.1 Å². The van der Waals surface area contributed by atoms with Crippen LogP contribution in [0.5, 0.6) is 0 Å². The van der Waals surface area contributed by atoms with Crippen molar-refractivity contribution in [1.29, 1.82) is 0 Å². The van der Waals surface area contributed by atoms with Crippen LogP contribution in [-0.2, 0) is 0 Å². The SMILES string of the molecule is CC(C)[C@@H](CO)Nc1cccc(NN)c1[N+](=O)[O-]. The minimum atomic E-state index is -0.508. The minimum absolute atomic E-state index is 0.102. The van der Waals surface area contributed by atoms with Gasteiger partial charge in [0.1, 0.15) is 11.4 Å². The van der Waals surface area contributed by atoms with Crippen LogP contribution < -0.4 is 16.6 Å². The molecule has 100 valence electrons. The summed E-state index contributed by atoms with van der Waals surface area (Å²) in [5.41, 5.74) is 2.73. The van der Waals surface area contributed by atoms with E-state index in [1.165, 1.54) is 6.07 Å². The van der Waals surface area contributed by atoms with Crippen LogP contribution in [0, 0.1) is 16.0 Å². The van der Waals surface area contributed by atoms with Gasteiger partial charge < -0.3 is 15.8 Å². The zero-order chi connectivity index (χ0) is 13.7. The lowest BCUT2D eigenvalue weighted by atomic mass is 10.0. The van der Waals surface area contributed by atoms with Crippen molar-refractivity contribution in [2.75, 3.05) is 17.3 Å². The molecule has 1 rings (SSSR count). The first-order valence-electron chi connectivity index (χ1n) is 5.62. The van der Waals surface area contributed by atoms with Gasteiger partial charge in [-0.25, -0.2) is 0 Å². The van der Waals surface area contributed by atoms with Crippen LogP contribution in [0.2, 0.25) is 0 Å². The first kappa shape index (κ1) is 14.2. The molecule has 0 aromatic heterocycles. The zero-order valence-electron chi connectivity index (χ0n) is 10.4. The number of hydrazine groups is 1. The van der Waals surface area contributed by atoms with E-state index >= 15 is 0 Å². The van der Waals surface area contributed by atoms with Crippen LogP contribution in [0.1, 0.15) is 13.8 Å². The molecule has 1 aromatic carbocycles. The van der Waals surface area contributed by atoms with E-state index in [0.29, 0.717) is 5.69 Å².